The predicted molar refractivity (Wildman–Crippen MR) is 139 cm³/mol. The number of hydrogen-bond donors (Lipinski definition) is 0. The summed E-state index contributed by atoms with van der Waals surface area (Å²) in [5.41, 5.74) is 5.68. The van der Waals surface area contributed by atoms with E-state index in [2.05, 4.69) is 24.3 Å². The lowest BCUT2D eigenvalue weighted by Crippen LogP contribution is -2.13. The van der Waals surface area contributed by atoms with E-state index in [1.54, 1.807) is 35.5 Å². The Bertz CT molecular complexity index is 1290. The Morgan fingerprint density at radius 2 is 1.29 bits per heavy atom. The van der Waals surface area contributed by atoms with Crippen LogP contribution < -0.4 is 14.2 Å². The monoisotopic (exact) mass is 469 g/mol. The van der Waals surface area contributed by atoms with Crippen molar-refractivity contribution in [2.75, 3.05) is 35.5 Å². The van der Waals surface area contributed by atoms with Crippen LogP contribution in [0, 0.1) is 0 Å². The molecular formula is C30H29O5+. The van der Waals surface area contributed by atoms with Crippen LogP contribution in [0.15, 0.2) is 96.3 Å². The number of allylic oxidation sites excluding steroid dienone is 4. The maximum Gasteiger partial charge on any atom is 0.354 e. The fourth-order valence-corrected chi connectivity index (χ4v) is 4.22. The summed E-state index contributed by atoms with van der Waals surface area (Å²) < 4.78 is 28.4. The van der Waals surface area contributed by atoms with Gasteiger partial charge in [-0.25, -0.2) is 0 Å². The van der Waals surface area contributed by atoms with Gasteiger partial charge < -0.3 is 18.9 Å². The molecule has 0 aromatic heterocycles. The van der Waals surface area contributed by atoms with Crippen LogP contribution in [0.3, 0.4) is 0 Å². The van der Waals surface area contributed by atoms with E-state index in [1.807, 2.05) is 60.7 Å². The van der Waals surface area contributed by atoms with Crippen molar-refractivity contribution < 1.29 is 23.4 Å². The van der Waals surface area contributed by atoms with E-state index in [0.717, 1.165) is 39.1 Å². The fourth-order valence-electron chi connectivity index (χ4n) is 4.22. The van der Waals surface area contributed by atoms with E-state index in [4.69, 9.17) is 23.4 Å². The summed E-state index contributed by atoms with van der Waals surface area (Å²) in [4.78, 5) is 0. The first-order valence-corrected chi connectivity index (χ1v) is 11.2. The summed E-state index contributed by atoms with van der Waals surface area (Å²) in [6, 6.07) is 22.1. The minimum absolute atomic E-state index is 0.687. The number of rotatable bonds is 7. The molecule has 0 radical (unpaired) electrons. The normalized spacial score (nSPS) is 15.5. The number of methoxy groups -OCH3 is 4. The second kappa shape index (κ2) is 10.8. The number of ketones is 1. The first-order chi connectivity index (χ1) is 17.1. The number of hydrogen-bond acceptors (Lipinski definition) is 4. The van der Waals surface area contributed by atoms with Crippen molar-refractivity contribution in [3.63, 3.8) is 0 Å². The first kappa shape index (κ1) is 23.9. The van der Waals surface area contributed by atoms with Gasteiger partial charge in [-0.3, -0.25) is 4.42 Å². The van der Waals surface area contributed by atoms with Gasteiger partial charge in [0.2, 0.25) is 0 Å². The SMILES string of the molecule is COC1=CC=CC(=[O+]C)C1=C(c1ccc(-c2ccc(OC)cc2)cc1)c1c(OC)cccc1OC. The van der Waals surface area contributed by atoms with Crippen LogP contribution in [0.5, 0.6) is 17.2 Å². The smallest absolute Gasteiger partial charge is 0.354 e. The lowest BCUT2D eigenvalue weighted by Gasteiger charge is -2.20. The van der Waals surface area contributed by atoms with Gasteiger partial charge in [0.05, 0.1) is 34.0 Å². The zero-order valence-corrected chi connectivity index (χ0v) is 20.6. The molecule has 0 fully saturated rings. The largest absolute Gasteiger partial charge is 0.497 e. The molecule has 0 heterocycles. The Hall–Kier alpha value is -4.25. The van der Waals surface area contributed by atoms with Gasteiger partial charge in [0, 0.05) is 11.6 Å². The molecule has 5 nitrogen and oxygen atoms in total. The minimum Gasteiger partial charge on any atom is -0.497 e. The highest BCUT2D eigenvalue weighted by atomic mass is 16.5. The zero-order chi connectivity index (χ0) is 24.8. The summed E-state index contributed by atoms with van der Waals surface area (Å²) >= 11 is 0. The van der Waals surface area contributed by atoms with Gasteiger partial charge in [-0.15, -0.1) is 0 Å². The molecule has 0 spiro atoms. The minimum atomic E-state index is 0.687. The summed E-state index contributed by atoms with van der Waals surface area (Å²) in [5, 5.41) is 0. The van der Waals surface area contributed by atoms with E-state index in [1.165, 1.54) is 0 Å². The van der Waals surface area contributed by atoms with Gasteiger partial charge in [-0.1, -0.05) is 42.5 Å². The maximum absolute atomic E-state index is 5.78. The predicted octanol–water partition coefficient (Wildman–Crippen LogP) is 6.02. The van der Waals surface area contributed by atoms with Crippen LogP contribution in [0.25, 0.3) is 16.7 Å². The molecule has 0 aliphatic heterocycles. The Morgan fingerprint density at radius 3 is 1.80 bits per heavy atom. The Labute approximate surface area is 206 Å². The van der Waals surface area contributed by atoms with E-state index in [0.29, 0.717) is 23.0 Å². The molecule has 1 aliphatic rings. The van der Waals surface area contributed by atoms with Crippen molar-refractivity contribution in [2.45, 2.75) is 0 Å². The number of carbonyl (C=O) groups excluding carboxylic acids is 1. The van der Waals surface area contributed by atoms with Gasteiger partial charge in [0.15, 0.2) is 0 Å². The highest BCUT2D eigenvalue weighted by Gasteiger charge is 2.31. The van der Waals surface area contributed by atoms with Crippen molar-refractivity contribution in [2.24, 2.45) is 0 Å². The zero-order valence-electron chi connectivity index (χ0n) is 20.6. The molecule has 0 unspecified atom stereocenters. The standard InChI is InChI=1S/C30H29O5/c1-31-23-18-16-21(17-19-23)20-12-14-22(15-13-20)28(29-24(32-2)8-6-9-25(29)33-3)30-26(34-4)10-7-11-27(30)35-5/h6-19H,1-5H3/q+1. The third-order valence-electron chi connectivity index (χ3n) is 5.95. The Morgan fingerprint density at radius 1 is 0.686 bits per heavy atom. The van der Waals surface area contributed by atoms with E-state index in [-0.39, 0.29) is 0 Å². The van der Waals surface area contributed by atoms with Gasteiger partial charge in [-0.05, 0) is 53.1 Å². The van der Waals surface area contributed by atoms with Crippen LogP contribution in [-0.2, 0) is 9.16 Å². The highest BCUT2D eigenvalue weighted by Crippen LogP contribution is 2.43. The van der Waals surface area contributed by atoms with Gasteiger partial charge in [0.25, 0.3) is 7.11 Å². The maximum atomic E-state index is 5.78. The average molecular weight is 470 g/mol. The van der Waals surface area contributed by atoms with Crippen LogP contribution >= 0.6 is 0 Å². The molecular weight excluding hydrogens is 440 g/mol. The second-order valence-electron chi connectivity index (χ2n) is 7.76. The van der Waals surface area contributed by atoms with Gasteiger partial charge in [0.1, 0.15) is 28.6 Å². The van der Waals surface area contributed by atoms with Crippen molar-refractivity contribution >= 4 is 11.4 Å². The molecule has 0 amide bonds. The number of benzene rings is 3. The van der Waals surface area contributed by atoms with Crippen molar-refractivity contribution in [3.05, 3.63) is 107 Å². The molecule has 0 saturated heterocycles. The first-order valence-electron chi connectivity index (χ1n) is 11.2. The van der Waals surface area contributed by atoms with Crippen LogP contribution in [0.2, 0.25) is 0 Å². The van der Waals surface area contributed by atoms with Crippen molar-refractivity contribution in [3.8, 4) is 28.4 Å². The van der Waals surface area contributed by atoms with E-state index >= 15 is 0 Å². The molecule has 178 valence electrons. The highest BCUT2D eigenvalue weighted by molar-refractivity contribution is 6.16. The molecule has 0 N–H and O–H groups in total. The number of ether oxygens (including phenoxy) is 4. The molecule has 5 heteroatoms. The van der Waals surface area contributed by atoms with Crippen LogP contribution in [-0.4, -0.2) is 41.3 Å². The Kier molecular flexibility index (Phi) is 7.36. The van der Waals surface area contributed by atoms with Gasteiger partial charge >= 0.3 is 5.78 Å². The summed E-state index contributed by atoms with van der Waals surface area (Å²) in [5.74, 6) is 3.57. The fraction of sp³-hybridized carbons (Fsp3) is 0.167. The molecule has 3 aromatic rings. The molecule has 4 rings (SSSR count). The van der Waals surface area contributed by atoms with Crippen molar-refractivity contribution in [1.29, 1.82) is 0 Å². The topological polar surface area (TPSA) is 48.2 Å². The summed E-state index contributed by atoms with van der Waals surface area (Å²) in [6.45, 7) is 0. The second-order valence-corrected chi connectivity index (χ2v) is 7.76. The molecule has 0 atom stereocenters. The van der Waals surface area contributed by atoms with Crippen LogP contribution in [0.1, 0.15) is 11.1 Å². The van der Waals surface area contributed by atoms with Crippen molar-refractivity contribution in [1.82, 2.24) is 0 Å². The Balaban J connectivity index is 1.97. The third kappa shape index (κ3) is 4.71. The lowest BCUT2D eigenvalue weighted by atomic mass is 9.86. The third-order valence-corrected chi connectivity index (χ3v) is 5.95. The molecule has 3 aromatic carbocycles. The average Bonchev–Trinajstić information content (AvgIpc) is 2.93. The lowest BCUT2D eigenvalue weighted by molar-refractivity contribution is -0.418. The molecule has 35 heavy (non-hydrogen) atoms. The molecule has 0 bridgehead atoms. The quantitative estimate of drug-likeness (QED) is 0.314. The van der Waals surface area contributed by atoms with Crippen LogP contribution in [0.4, 0.5) is 0 Å². The van der Waals surface area contributed by atoms with E-state index in [9.17, 15) is 0 Å². The van der Waals surface area contributed by atoms with Gasteiger partial charge in [-0.2, -0.15) is 0 Å². The molecule has 0 saturated carbocycles. The summed E-state index contributed by atoms with van der Waals surface area (Å²) in [7, 11) is 8.29. The van der Waals surface area contributed by atoms with E-state index < -0.39 is 0 Å². The molecule has 1 aliphatic carbocycles. The summed E-state index contributed by atoms with van der Waals surface area (Å²) in [6.07, 6.45) is 5.75.